The molecule has 3 aromatic carbocycles. The van der Waals surface area contributed by atoms with E-state index in [9.17, 15) is 18.0 Å². The molecule has 0 bridgehead atoms. The van der Waals surface area contributed by atoms with Gasteiger partial charge in [-0.1, -0.05) is 71.7 Å². The molecule has 1 atom stereocenters. The minimum absolute atomic E-state index is 0.0422. The van der Waals surface area contributed by atoms with E-state index in [2.05, 4.69) is 5.32 Å². The molecule has 0 saturated carbocycles. The molecule has 0 spiro atoms. The molecule has 0 saturated heterocycles. The van der Waals surface area contributed by atoms with Crippen molar-refractivity contribution in [3.63, 3.8) is 0 Å². The van der Waals surface area contributed by atoms with Crippen LogP contribution in [-0.4, -0.2) is 51.0 Å². The first kappa shape index (κ1) is 31.5. The third-order valence-electron chi connectivity index (χ3n) is 6.64. The molecule has 0 fully saturated rings. The summed E-state index contributed by atoms with van der Waals surface area (Å²) in [7, 11) is -2.05. The molecule has 0 aliphatic rings. The van der Waals surface area contributed by atoms with Crippen LogP contribution in [0.15, 0.2) is 66.7 Å². The Labute approximate surface area is 247 Å². The van der Waals surface area contributed by atoms with Gasteiger partial charge in [-0.15, -0.1) is 0 Å². The van der Waals surface area contributed by atoms with Gasteiger partial charge in [-0.2, -0.15) is 0 Å². The second-order valence-electron chi connectivity index (χ2n) is 9.82. The van der Waals surface area contributed by atoms with Crippen molar-refractivity contribution in [2.45, 2.75) is 45.7 Å². The lowest BCUT2D eigenvalue weighted by atomic mass is 10.0. The smallest absolute Gasteiger partial charge is 0.242 e. The van der Waals surface area contributed by atoms with E-state index in [-0.39, 0.29) is 37.7 Å². The fourth-order valence-corrected chi connectivity index (χ4v) is 5.86. The average molecular weight is 605 g/mol. The Balaban J connectivity index is 1.88. The summed E-state index contributed by atoms with van der Waals surface area (Å²) in [5.74, 6) is -0.574. The van der Waals surface area contributed by atoms with Crippen molar-refractivity contribution >= 4 is 50.7 Å². The number of carbonyl (C=O) groups excluding carboxylic acids is 2. The third kappa shape index (κ3) is 8.46. The number of carbonyl (C=O) groups is 2. The van der Waals surface area contributed by atoms with Crippen molar-refractivity contribution < 1.29 is 18.0 Å². The number of nitrogens with zero attached hydrogens (tertiary/aromatic N) is 2. The Hall–Kier alpha value is -3.07. The van der Waals surface area contributed by atoms with Crippen LogP contribution in [0.3, 0.4) is 0 Å². The third-order valence-corrected chi connectivity index (χ3v) is 8.56. The summed E-state index contributed by atoms with van der Waals surface area (Å²) in [6.07, 6.45) is 1.78. The van der Waals surface area contributed by atoms with Gasteiger partial charge in [0, 0.05) is 33.0 Å². The predicted molar refractivity (Wildman–Crippen MR) is 162 cm³/mol. The molecule has 7 nitrogen and oxygen atoms in total. The van der Waals surface area contributed by atoms with Crippen LogP contribution in [0.5, 0.6) is 0 Å². The lowest BCUT2D eigenvalue weighted by Crippen LogP contribution is -2.49. The number of hydrogen-bond donors (Lipinski definition) is 1. The molecule has 214 valence electrons. The number of sulfonamides is 1. The summed E-state index contributed by atoms with van der Waals surface area (Å²) in [4.78, 5) is 28.4. The monoisotopic (exact) mass is 603 g/mol. The van der Waals surface area contributed by atoms with Crippen LogP contribution in [0.4, 0.5) is 5.69 Å². The van der Waals surface area contributed by atoms with Crippen molar-refractivity contribution in [2.75, 3.05) is 24.2 Å². The largest absolute Gasteiger partial charge is 0.357 e. The zero-order chi connectivity index (χ0) is 29.4. The molecular formula is C30H35Cl2N3O4S. The topological polar surface area (TPSA) is 86.8 Å². The number of benzene rings is 3. The van der Waals surface area contributed by atoms with Crippen molar-refractivity contribution in [1.29, 1.82) is 0 Å². The first-order valence-electron chi connectivity index (χ1n) is 12.9. The molecule has 0 radical (unpaired) electrons. The molecule has 0 aromatic heterocycles. The second kappa shape index (κ2) is 14.0. The lowest BCUT2D eigenvalue weighted by molar-refractivity contribution is -0.141. The highest BCUT2D eigenvalue weighted by Crippen LogP contribution is 2.26. The van der Waals surface area contributed by atoms with E-state index >= 15 is 0 Å². The number of aryl methyl sites for hydroxylation is 2. The van der Waals surface area contributed by atoms with E-state index in [4.69, 9.17) is 23.2 Å². The summed E-state index contributed by atoms with van der Waals surface area (Å²) in [6, 6.07) is 19.4. The van der Waals surface area contributed by atoms with Gasteiger partial charge in [0.05, 0.1) is 22.0 Å². The Morgan fingerprint density at radius 2 is 1.62 bits per heavy atom. The first-order valence-corrected chi connectivity index (χ1v) is 15.5. The highest BCUT2D eigenvalue weighted by atomic mass is 35.5. The maximum Gasteiger partial charge on any atom is 0.242 e. The first-order chi connectivity index (χ1) is 18.9. The molecule has 0 aliphatic carbocycles. The fraction of sp³-hybridized carbons (Fsp3) is 0.333. The predicted octanol–water partition coefficient (Wildman–Crippen LogP) is 5.54. The molecule has 3 aromatic rings. The molecule has 40 heavy (non-hydrogen) atoms. The number of anilines is 1. The average Bonchev–Trinajstić information content (AvgIpc) is 2.91. The number of rotatable bonds is 12. The van der Waals surface area contributed by atoms with Gasteiger partial charge in [-0.05, 0) is 60.7 Å². The molecule has 10 heteroatoms. The Bertz CT molecular complexity index is 1450. The van der Waals surface area contributed by atoms with Gasteiger partial charge in [0.2, 0.25) is 21.8 Å². The highest BCUT2D eigenvalue weighted by molar-refractivity contribution is 7.92. The van der Waals surface area contributed by atoms with Gasteiger partial charge >= 0.3 is 0 Å². The Morgan fingerprint density at radius 3 is 2.25 bits per heavy atom. The molecule has 0 heterocycles. The minimum Gasteiger partial charge on any atom is -0.357 e. The van der Waals surface area contributed by atoms with Crippen LogP contribution >= 0.6 is 23.2 Å². The summed E-state index contributed by atoms with van der Waals surface area (Å²) in [6.45, 7) is 4.01. The Morgan fingerprint density at radius 1 is 0.925 bits per heavy atom. The molecule has 2 amide bonds. The summed E-state index contributed by atoms with van der Waals surface area (Å²) in [5.41, 5.74) is 3.98. The number of nitrogens with one attached hydrogen (secondary N) is 1. The minimum atomic E-state index is -3.59. The van der Waals surface area contributed by atoms with Gasteiger partial charge in [-0.3, -0.25) is 13.9 Å². The van der Waals surface area contributed by atoms with Crippen molar-refractivity contribution in [2.24, 2.45) is 0 Å². The van der Waals surface area contributed by atoms with Gasteiger partial charge < -0.3 is 10.2 Å². The molecule has 1 N–H and O–H groups in total. The van der Waals surface area contributed by atoms with E-state index in [0.717, 1.165) is 28.5 Å². The van der Waals surface area contributed by atoms with Crippen molar-refractivity contribution in [3.8, 4) is 0 Å². The summed E-state index contributed by atoms with van der Waals surface area (Å²) >= 11 is 12.3. The number of likely N-dealkylation sites (N-methyl/N-ethyl adjacent to an activating group) is 1. The molecule has 3 rings (SSSR count). The highest BCUT2D eigenvalue weighted by Gasteiger charge is 2.30. The van der Waals surface area contributed by atoms with E-state index in [1.165, 1.54) is 16.3 Å². The zero-order valence-corrected chi connectivity index (χ0v) is 25.5. The van der Waals surface area contributed by atoms with E-state index in [1.54, 1.807) is 18.2 Å². The zero-order valence-electron chi connectivity index (χ0n) is 23.2. The van der Waals surface area contributed by atoms with Crippen LogP contribution in [0.25, 0.3) is 0 Å². The maximum absolute atomic E-state index is 13.8. The molecule has 1 unspecified atom stereocenters. The maximum atomic E-state index is 13.8. The van der Waals surface area contributed by atoms with E-state index < -0.39 is 16.1 Å². The molecular weight excluding hydrogens is 569 g/mol. The van der Waals surface area contributed by atoms with Crippen molar-refractivity contribution in [3.05, 3.63) is 99.0 Å². The number of hydrogen-bond acceptors (Lipinski definition) is 4. The van der Waals surface area contributed by atoms with Gasteiger partial charge in [0.1, 0.15) is 6.04 Å². The standard InChI is InChI=1S/C30H35Cl2N3O4S/c1-21-12-13-22(2)27(17-21)35(40(4,38)39)16-8-11-29(36)34(20-24-14-15-25(31)26(32)18-24)28(30(37)33-3)19-23-9-6-5-7-10-23/h5-7,9-10,12-15,17-18,28H,8,11,16,19-20H2,1-4H3,(H,33,37). The van der Waals surface area contributed by atoms with Gasteiger partial charge in [-0.25, -0.2) is 8.42 Å². The van der Waals surface area contributed by atoms with Gasteiger partial charge in [0.25, 0.3) is 0 Å². The molecule has 0 aliphatic heterocycles. The van der Waals surface area contributed by atoms with Crippen molar-refractivity contribution in [1.82, 2.24) is 10.2 Å². The SMILES string of the molecule is CNC(=O)C(Cc1ccccc1)N(Cc1ccc(Cl)c(Cl)c1)C(=O)CCCN(c1cc(C)ccc1C)S(C)(=O)=O. The van der Waals surface area contributed by atoms with E-state index in [0.29, 0.717) is 22.2 Å². The van der Waals surface area contributed by atoms with Crippen LogP contribution < -0.4 is 9.62 Å². The fourth-order valence-electron chi connectivity index (χ4n) is 4.53. The van der Waals surface area contributed by atoms with Crippen LogP contribution in [0.1, 0.15) is 35.1 Å². The van der Waals surface area contributed by atoms with Crippen LogP contribution in [-0.2, 0) is 32.6 Å². The van der Waals surface area contributed by atoms with Crippen LogP contribution in [0, 0.1) is 13.8 Å². The van der Waals surface area contributed by atoms with Gasteiger partial charge in [0.15, 0.2) is 0 Å². The Kier molecular flexibility index (Phi) is 11.0. The number of halogens is 2. The number of amides is 2. The normalized spacial score (nSPS) is 12.1. The summed E-state index contributed by atoms with van der Waals surface area (Å²) in [5, 5.41) is 3.43. The quantitative estimate of drug-likeness (QED) is 0.294. The van der Waals surface area contributed by atoms with Crippen LogP contribution in [0.2, 0.25) is 10.0 Å². The second-order valence-corrected chi connectivity index (χ2v) is 12.5. The van der Waals surface area contributed by atoms with E-state index in [1.807, 2.05) is 62.4 Å². The summed E-state index contributed by atoms with van der Waals surface area (Å²) < 4.78 is 26.7. The lowest BCUT2D eigenvalue weighted by Gasteiger charge is -2.32.